The maximum Gasteiger partial charge on any atom is 0.295 e. The summed E-state index contributed by atoms with van der Waals surface area (Å²) in [6.45, 7) is 2.37. The summed E-state index contributed by atoms with van der Waals surface area (Å²) in [5, 5.41) is 19.3. The van der Waals surface area contributed by atoms with Crippen molar-refractivity contribution in [1.29, 1.82) is 0 Å². The minimum Gasteiger partial charge on any atom is -0.373 e. The fraction of sp³-hybridized carbons (Fsp3) is 0.278. The minimum atomic E-state index is -0.441. The number of aryl methyl sites for hydroxylation is 2. The van der Waals surface area contributed by atoms with E-state index >= 15 is 0 Å². The van der Waals surface area contributed by atoms with Gasteiger partial charge in [-0.25, -0.2) is 4.98 Å². The van der Waals surface area contributed by atoms with Crippen LogP contribution in [0.25, 0.3) is 10.9 Å². The third kappa shape index (κ3) is 2.97. The molecular weight excluding hydrogens is 348 g/mol. The van der Waals surface area contributed by atoms with Gasteiger partial charge in [-0.1, -0.05) is 12.1 Å². The van der Waals surface area contributed by atoms with Gasteiger partial charge in [0.2, 0.25) is 5.91 Å². The van der Waals surface area contributed by atoms with Gasteiger partial charge in [0.25, 0.3) is 5.69 Å². The van der Waals surface area contributed by atoms with Crippen molar-refractivity contribution in [1.82, 2.24) is 14.8 Å². The summed E-state index contributed by atoms with van der Waals surface area (Å²) >= 11 is 0. The summed E-state index contributed by atoms with van der Waals surface area (Å²) in [6.07, 6.45) is 4.09. The number of nitrogens with zero attached hydrogens (tertiary/aromatic N) is 5. The second-order valence-electron chi connectivity index (χ2n) is 6.59. The Morgan fingerprint density at radius 1 is 1.37 bits per heavy atom. The molecule has 27 heavy (non-hydrogen) atoms. The Bertz CT molecular complexity index is 1060. The number of carbonyl (C=O) groups excluding carboxylic acids is 1. The predicted octanol–water partition coefficient (Wildman–Crippen LogP) is 2.40. The molecular formula is C18H18N6O3. The Morgan fingerprint density at radius 2 is 2.19 bits per heavy atom. The SMILES string of the molecule is Cc1cc(NC2CCN(c3cnn(C)c3)C2=O)c2cccc([N+](=O)[O-])c2n1. The highest BCUT2D eigenvalue weighted by molar-refractivity contribution is 6.03. The Hall–Kier alpha value is -3.49. The maximum absolute atomic E-state index is 12.8. The molecule has 1 aromatic carbocycles. The van der Waals surface area contributed by atoms with Crippen LogP contribution in [0.5, 0.6) is 0 Å². The van der Waals surface area contributed by atoms with Crippen LogP contribution in [0, 0.1) is 17.0 Å². The van der Waals surface area contributed by atoms with Crippen molar-refractivity contribution < 1.29 is 9.72 Å². The number of nitro benzene ring substituents is 1. The van der Waals surface area contributed by atoms with Crippen LogP contribution in [0.4, 0.5) is 17.1 Å². The molecule has 3 aromatic rings. The normalized spacial score (nSPS) is 16.9. The van der Waals surface area contributed by atoms with E-state index in [2.05, 4.69) is 15.4 Å². The molecule has 0 bridgehead atoms. The van der Waals surface area contributed by atoms with Crippen molar-refractivity contribution in [3.8, 4) is 0 Å². The van der Waals surface area contributed by atoms with Gasteiger partial charge in [-0.3, -0.25) is 19.6 Å². The number of non-ortho nitro benzene ring substituents is 1. The van der Waals surface area contributed by atoms with E-state index in [1.54, 1.807) is 48.1 Å². The zero-order chi connectivity index (χ0) is 19.1. The van der Waals surface area contributed by atoms with Crippen LogP contribution in [0.2, 0.25) is 0 Å². The summed E-state index contributed by atoms with van der Waals surface area (Å²) < 4.78 is 1.65. The number of anilines is 2. The molecule has 3 heterocycles. The first-order valence-corrected chi connectivity index (χ1v) is 8.55. The van der Waals surface area contributed by atoms with Crippen LogP contribution in [-0.4, -0.2) is 38.2 Å². The number of nitro groups is 1. The molecule has 0 radical (unpaired) electrons. The standard InChI is InChI=1S/C18H18N6O3/c1-11-8-15(13-4-3-5-16(24(26)27)17(13)20-11)21-14-6-7-23(18(14)25)12-9-19-22(2)10-12/h3-5,8-10,14H,6-7H2,1-2H3,(H,20,21). The number of fused-ring (bicyclic) bond motifs is 1. The number of hydrogen-bond donors (Lipinski definition) is 1. The van der Waals surface area contributed by atoms with E-state index in [4.69, 9.17) is 0 Å². The predicted molar refractivity (Wildman–Crippen MR) is 101 cm³/mol. The zero-order valence-electron chi connectivity index (χ0n) is 14.9. The van der Waals surface area contributed by atoms with E-state index in [9.17, 15) is 14.9 Å². The summed E-state index contributed by atoms with van der Waals surface area (Å²) in [5.74, 6) is -0.0453. The summed E-state index contributed by atoms with van der Waals surface area (Å²) in [4.78, 5) is 29.7. The summed E-state index contributed by atoms with van der Waals surface area (Å²) in [7, 11) is 1.80. The number of amides is 1. The van der Waals surface area contributed by atoms with Crippen LogP contribution in [0.3, 0.4) is 0 Å². The lowest BCUT2D eigenvalue weighted by atomic mass is 10.1. The molecule has 1 saturated heterocycles. The number of nitrogens with one attached hydrogen (secondary N) is 1. The molecule has 138 valence electrons. The van der Waals surface area contributed by atoms with E-state index in [1.807, 2.05) is 6.07 Å². The molecule has 1 fully saturated rings. The molecule has 1 atom stereocenters. The number of rotatable bonds is 4. The van der Waals surface area contributed by atoms with Gasteiger partial charge < -0.3 is 10.2 Å². The number of hydrogen-bond acceptors (Lipinski definition) is 6. The largest absolute Gasteiger partial charge is 0.373 e. The van der Waals surface area contributed by atoms with Gasteiger partial charge >= 0.3 is 0 Å². The van der Waals surface area contributed by atoms with Crippen LogP contribution in [-0.2, 0) is 11.8 Å². The van der Waals surface area contributed by atoms with Crippen molar-refractivity contribution in [2.45, 2.75) is 19.4 Å². The second kappa shape index (κ2) is 6.35. The first-order chi connectivity index (χ1) is 12.9. The third-order valence-electron chi connectivity index (χ3n) is 4.68. The second-order valence-corrected chi connectivity index (χ2v) is 6.59. The van der Waals surface area contributed by atoms with E-state index in [0.29, 0.717) is 35.2 Å². The Balaban J connectivity index is 1.67. The zero-order valence-corrected chi connectivity index (χ0v) is 14.9. The number of para-hydroxylation sites is 1. The van der Waals surface area contributed by atoms with Gasteiger partial charge in [-0.2, -0.15) is 5.10 Å². The van der Waals surface area contributed by atoms with Crippen LogP contribution in [0.1, 0.15) is 12.1 Å². The number of aromatic nitrogens is 3. The van der Waals surface area contributed by atoms with E-state index in [-0.39, 0.29) is 11.6 Å². The molecule has 1 N–H and O–H groups in total. The molecule has 0 saturated carbocycles. The molecule has 9 nitrogen and oxygen atoms in total. The maximum atomic E-state index is 12.8. The molecule has 0 spiro atoms. The van der Waals surface area contributed by atoms with Gasteiger partial charge in [0, 0.05) is 42.6 Å². The molecule has 2 aromatic heterocycles. The third-order valence-corrected chi connectivity index (χ3v) is 4.68. The van der Waals surface area contributed by atoms with Gasteiger partial charge in [0.05, 0.1) is 16.8 Å². The Morgan fingerprint density at radius 3 is 2.89 bits per heavy atom. The van der Waals surface area contributed by atoms with E-state index < -0.39 is 11.0 Å². The molecule has 1 aliphatic heterocycles. The lowest BCUT2D eigenvalue weighted by molar-refractivity contribution is -0.383. The molecule has 0 aliphatic carbocycles. The Labute approximate surface area is 154 Å². The molecule has 1 aliphatic rings. The van der Waals surface area contributed by atoms with Crippen molar-refractivity contribution in [2.24, 2.45) is 7.05 Å². The quantitative estimate of drug-likeness (QED) is 0.561. The average Bonchev–Trinajstić information content (AvgIpc) is 3.20. The Kier molecular flexibility index (Phi) is 3.98. The van der Waals surface area contributed by atoms with Gasteiger partial charge in [0.1, 0.15) is 6.04 Å². The molecule has 1 amide bonds. The fourth-order valence-corrected chi connectivity index (χ4v) is 3.43. The van der Waals surface area contributed by atoms with Gasteiger partial charge in [-0.05, 0) is 19.4 Å². The van der Waals surface area contributed by atoms with Gasteiger partial charge in [-0.15, -0.1) is 0 Å². The molecule has 4 rings (SSSR count). The van der Waals surface area contributed by atoms with E-state index in [1.165, 1.54) is 6.07 Å². The highest BCUT2D eigenvalue weighted by Crippen LogP contribution is 2.31. The van der Waals surface area contributed by atoms with Crippen LogP contribution < -0.4 is 10.2 Å². The molecule has 1 unspecified atom stereocenters. The highest BCUT2D eigenvalue weighted by atomic mass is 16.6. The number of carbonyl (C=O) groups is 1. The van der Waals surface area contributed by atoms with E-state index in [0.717, 1.165) is 5.69 Å². The summed E-state index contributed by atoms with van der Waals surface area (Å²) in [5.41, 5.74) is 2.35. The van der Waals surface area contributed by atoms with Crippen molar-refractivity contribution in [3.63, 3.8) is 0 Å². The van der Waals surface area contributed by atoms with Gasteiger partial charge in [0.15, 0.2) is 5.52 Å². The monoisotopic (exact) mass is 366 g/mol. The topological polar surface area (TPSA) is 106 Å². The van der Waals surface area contributed by atoms with Crippen molar-refractivity contribution >= 4 is 33.9 Å². The first-order valence-electron chi connectivity index (χ1n) is 8.55. The first kappa shape index (κ1) is 17.0. The number of benzene rings is 1. The average molecular weight is 366 g/mol. The lowest BCUT2D eigenvalue weighted by Crippen LogP contribution is -2.33. The van der Waals surface area contributed by atoms with Crippen LogP contribution >= 0.6 is 0 Å². The summed E-state index contributed by atoms with van der Waals surface area (Å²) in [6, 6.07) is 6.24. The minimum absolute atomic E-state index is 0.0453. The van der Waals surface area contributed by atoms with Crippen molar-refractivity contribution in [2.75, 3.05) is 16.8 Å². The fourth-order valence-electron chi connectivity index (χ4n) is 3.43. The lowest BCUT2D eigenvalue weighted by Gasteiger charge is -2.17. The van der Waals surface area contributed by atoms with Crippen molar-refractivity contribution in [3.05, 3.63) is 52.5 Å². The number of pyridine rings is 1. The molecule has 9 heteroatoms. The highest BCUT2D eigenvalue weighted by Gasteiger charge is 2.33. The van der Waals surface area contributed by atoms with Crippen LogP contribution in [0.15, 0.2) is 36.7 Å². The smallest absolute Gasteiger partial charge is 0.295 e.